The van der Waals surface area contributed by atoms with E-state index < -0.39 is 0 Å². The van der Waals surface area contributed by atoms with Gasteiger partial charge < -0.3 is 5.32 Å². The fourth-order valence-corrected chi connectivity index (χ4v) is 1.87. The van der Waals surface area contributed by atoms with Gasteiger partial charge in [0, 0.05) is 12.2 Å². The zero-order valence-electron chi connectivity index (χ0n) is 11.0. The molecule has 94 valence electrons. The highest BCUT2D eigenvalue weighted by Crippen LogP contribution is 2.16. The Morgan fingerprint density at radius 1 is 0.889 bits per heavy atom. The largest absolute Gasteiger partial charge is 0.381 e. The zero-order chi connectivity index (χ0) is 13.1. The smallest absolute Gasteiger partial charge is 0.126 e. The highest BCUT2D eigenvalue weighted by Gasteiger charge is 2.00. The minimum absolute atomic E-state index is 0.160. The van der Waals surface area contributed by atoms with E-state index in [-0.39, 0.29) is 5.82 Å². The van der Waals surface area contributed by atoms with Gasteiger partial charge in [-0.15, -0.1) is 0 Å². The second-order valence-corrected chi connectivity index (χ2v) is 4.74. The number of halogens is 1. The maximum absolute atomic E-state index is 13.1. The van der Waals surface area contributed by atoms with Crippen LogP contribution in [0, 0.1) is 26.6 Å². The fourth-order valence-electron chi connectivity index (χ4n) is 1.87. The Morgan fingerprint density at radius 2 is 1.67 bits per heavy atom. The van der Waals surface area contributed by atoms with Crippen LogP contribution in [0.5, 0.6) is 0 Å². The van der Waals surface area contributed by atoms with Gasteiger partial charge in [-0.1, -0.05) is 18.2 Å². The van der Waals surface area contributed by atoms with Crippen molar-refractivity contribution in [2.75, 3.05) is 5.32 Å². The van der Waals surface area contributed by atoms with Crippen LogP contribution in [-0.4, -0.2) is 0 Å². The van der Waals surface area contributed by atoms with E-state index in [0.29, 0.717) is 5.56 Å². The van der Waals surface area contributed by atoms with Crippen LogP contribution in [0.4, 0.5) is 10.1 Å². The number of hydrogen-bond donors (Lipinski definition) is 1. The SMILES string of the molecule is Cc1ccc(CNc2ccc(F)c(C)c2)cc1C. The molecule has 0 aliphatic carbocycles. The first kappa shape index (κ1) is 12.6. The van der Waals surface area contributed by atoms with Gasteiger partial charge in [-0.2, -0.15) is 0 Å². The lowest BCUT2D eigenvalue weighted by Crippen LogP contribution is -2.00. The molecule has 0 saturated heterocycles. The van der Waals surface area contributed by atoms with Gasteiger partial charge in [0.1, 0.15) is 5.82 Å². The summed E-state index contributed by atoms with van der Waals surface area (Å²) in [7, 11) is 0. The molecule has 0 bridgehead atoms. The van der Waals surface area contributed by atoms with Crippen molar-refractivity contribution in [3.63, 3.8) is 0 Å². The number of benzene rings is 2. The van der Waals surface area contributed by atoms with E-state index in [1.807, 2.05) is 6.07 Å². The Bertz CT molecular complexity index is 510. The molecule has 0 heterocycles. The molecule has 2 aromatic rings. The van der Waals surface area contributed by atoms with Crippen LogP contribution in [-0.2, 0) is 6.54 Å². The molecule has 0 radical (unpaired) electrons. The molecule has 1 N–H and O–H groups in total. The number of nitrogens with one attached hydrogen (secondary N) is 1. The van der Waals surface area contributed by atoms with Gasteiger partial charge in [0.15, 0.2) is 0 Å². The summed E-state index contributed by atoms with van der Waals surface area (Å²) in [5, 5.41) is 3.31. The topological polar surface area (TPSA) is 12.0 Å². The molecule has 2 aromatic carbocycles. The molecule has 0 atom stereocenters. The van der Waals surface area contributed by atoms with Gasteiger partial charge in [-0.25, -0.2) is 4.39 Å². The first-order valence-corrected chi connectivity index (χ1v) is 6.12. The molecule has 0 amide bonds. The molecule has 18 heavy (non-hydrogen) atoms. The van der Waals surface area contributed by atoms with E-state index in [9.17, 15) is 4.39 Å². The van der Waals surface area contributed by atoms with Crippen molar-refractivity contribution in [2.24, 2.45) is 0 Å². The lowest BCUT2D eigenvalue weighted by atomic mass is 10.1. The number of aryl methyl sites for hydroxylation is 3. The third-order valence-corrected chi connectivity index (χ3v) is 3.23. The minimum Gasteiger partial charge on any atom is -0.381 e. The van der Waals surface area contributed by atoms with Crippen LogP contribution >= 0.6 is 0 Å². The first-order chi connectivity index (χ1) is 8.56. The van der Waals surface area contributed by atoms with Crippen LogP contribution in [0.3, 0.4) is 0 Å². The van der Waals surface area contributed by atoms with Crippen molar-refractivity contribution in [1.29, 1.82) is 0 Å². The van der Waals surface area contributed by atoms with Gasteiger partial charge in [-0.3, -0.25) is 0 Å². The second-order valence-electron chi connectivity index (χ2n) is 4.74. The normalized spacial score (nSPS) is 10.4. The van der Waals surface area contributed by atoms with Gasteiger partial charge in [0.05, 0.1) is 0 Å². The van der Waals surface area contributed by atoms with E-state index in [2.05, 4.69) is 37.4 Å². The maximum atomic E-state index is 13.1. The van der Waals surface area contributed by atoms with Crippen molar-refractivity contribution in [1.82, 2.24) is 0 Å². The lowest BCUT2D eigenvalue weighted by Gasteiger charge is -2.09. The first-order valence-electron chi connectivity index (χ1n) is 6.12. The average Bonchev–Trinajstić information content (AvgIpc) is 2.35. The molecule has 2 rings (SSSR count). The van der Waals surface area contributed by atoms with E-state index in [1.54, 1.807) is 13.0 Å². The Balaban J connectivity index is 2.06. The predicted molar refractivity (Wildman–Crippen MR) is 74.4 cm³/mol. The molecule has 0 fully saturated rings. The van der Waals surface area contributed by atoms with E-state index in [1.165, 1.54) is 22.8 Å². The third kappa shape index (κ3) is 2.89. The van der Waals surface area contributed by atoms with Crippen LogP contribution in [0.1, 0.15) is 22.3 Å². The van der Waals surface area contributed by atoms with Crippen molar-refractivity contribution < 1.29 is 4.39 Å². The number of anilines is 1. The van der Waals surface area contributed by atoms with Crippen LogP contribution in [0.25, 0.3) is 0 Å². The molecule has 0 saturated carbocycles. The standard InChI is InChI=1S/C16H18FN/c1-11-4-5-14(8-12(11)2)10-18-15-6-7-16(17)13(3)9-15/h4-9,18H,10H2,1-3H3. The van der Waals surface area contributed by atoms with Crippen LogP contribution in [0.2, 0.25) is 0 Å². The van der Waals surface area contributed by atoms with Crippen molar-refractivity contribution >= 4 is 5.69 Å². The molecule has 1 nitrogen and oxygen atoms in total. The van der Waals surface area contributed by atoms with Crippen LogP contribution < -0.4 is 5.32 Å². The molecule has 0 aliphatic heterocycles. The van der Waals surface area contributed by atoms with Crippen LogP contribution in [0.15, 0.2) is 36.4 Å². The monoisotopic (exact) mass is 243 g/mol. The van der Waals surface area contributed by atoms with E-state index in [0.717, 1.165) is 12.2 Å². The molecule has 2 heteroatoms. The van der Waals surface area contributed by atoms with Gasteiger partial charge in [0.25, 0.3) is 0 Å². The van der Waals surface area contributed by atoms with Gasteiger partial charge in [0.2, 0.25) is 0 Å². The molecule has 0 aromatic heterocycles. The summed E-state index contributed by atoms with van der Waals surface area (Å²) in [6, 6.07) is 11.5. The van der Waals surface area contributed by atoms with Crippen molar-refractivity contribution in [3.8, 4) is 0 Å². The zero-order valence-corrected chi connectivity index (χ0v) is 11.0. The minimum atomic E-state index is -0.160. The number of rotatable bonds is 3. The van der Waals surface area contributed by atoms with Crippen molar-refractivity contribution in [3.05, 3.63) is 64.5 Å². The summed E-state index contributed by atoms with van der Waals surface area (Å²) in [5.74, 6) is -0.160. The summed E-state index contributed by atoms with van der Waals surface area (Å²) in [4.78, 5) is 0. The summed E-state index contributed by atoms with van der Waals surface area (Å²) >= 11 is 0. The van der Waals surface area contributed by atoms with Gasteiger partial charge in [-0.05, 0) is 61.2 Å². The second kappa shape index (κ2) is 5.21. The number of hydrogen-bond acceptors (Lipinski definition) is 1. The molecular formula is C16H18FN. The summed E-state index contributed by atoms with van der Waals surface area (Å²) in [5.41, 5.74) is 5.45. The molecule has 0 spiro atoms. The van der Waals surface area contributed by atoms with E-state index in [4.69, 9.17) is 0 Å². The molecular weight excluding hydrogens is 225 g/mol. The Hall–Kier alpha value is -1.83. The van der Waals surface area contributed by atoms with Gasteiger partial charge >= 0.3 is 0 Å². The maximum Gasteiger partial charge on any atom is 0.126 e. The Labute approximate surface area is 108 Å². The third-order valence-electron chi connectivity index (χ3n) is 3.23. The molecule has 0 aliphatic rings. The Kier molecular flexibility index (Phi) is 3.66. The van der Waals surface area contributed by atoms with Crippen molar-refractivity contribution in [2.45, 2.75) is 27.3 Å². The predicted octanol–water partition coefficient (Wildman–Crippen LogP) is 4.36. The summed E-state index contributed by atoms with van der Waals surface area (Å²) in [6.07, 6.45) is 0. The Morgan fingerprint density at radius 3 is 2.33 bits per heavy atom. The lowest BCUT2D eigenvalue weighted by molar-refractivity contribution is 0.618. The highest BCUT2D eigenvalue weighted by molar-refractivity contribution is 5.46. The summed E-state index contributed by atoms with van der Waals surface area (Å²) in [6.45, 7) is 6.75. The fraction of sp³-hybridized carbons (Fsp3) is 0.250. The quantitative estimate of drug-likeness (QED) is 0.844. The van der Waals surface area contributed by atoms with E-state index >= 15 is 0 Å². The molecule has 0 unspecified atom stereocenters. The highest BCUT2D eigenvalue weighted by atomic mass is 19.1. The summed E-state index contributed by atoms with van der Waals surface area (Å²) < 4.78 is 13.1. The average molecular weight is 243 g/mol.